The number of ketones is 3. The third kappa shape index (κ3) is 6.89. The second kappa shape index (κ2) is 14.3. The van der Waals surface area contributed by atoms with Crippen molar-refractivity contribution in [1.82, 2.24) is 0 Å². The number of Topliss-reactive ketones (excluding diaryl/α,β-unsaturated/α-hetero) is 1. The highest BCUT2D eigenvalue weighted by atomic mass is 32.2. The Morgan fingerprint density at radius 2 is 1.71 bits per heavy atom. The number of rotatable bonds is 5. The molecule has 7 atom stereocenters. The SMILES string of the molecule is CC(C)(C)C(=O)SCC(=O)[C@@]1(O)CC[C@H]2[C@@H]3CCC4=CC(=O)CC[C@]4(C)[C@H]3[C@@H](O)C[C@@]21C.O=C(O)Cc1ccc2c(c1)SCc1ccccc1C2=O. The van der Waals surface area contributed by atoms with Gasteiger partial charge in [0.15, 0.2) is 22.5 Å². The first-order valence-electron chi connectivity index (χ1n) is 18.3. The Bertz CT molecular complexity index is 1840. The molecule has 2 aromatic carbocycles. The van der Waals surface area contributed by atoms with Crippen LogP contribution in [-0.4, -0.2) is 61.2 Å². The maximum Gasteiger partial charge on any atom is 0.307 e. The monoisotopic (exact) mass is 746 g/mol. The zero-order valence-electron chi connectivity index (χ0n) is 30.7. The molecule has 3 N–H and O–H groups in total. The number of fused-ring (bicyclic) bond motifs is 7. The van der Waals surface area contributed by atoms with Gasteiger partial charge in [-0.25, -0.2) is 0 Å². The Balaban J connectivity index is 0.000000198. The molecule has 0 radical (unpaired) electrons. The van der Waals surface area contributed by atoms with Crippen molar-refractivity contribution in [2.75, 3.05) is 5.75 Å². The molecule has 0 spiro atoms. The summed E-state index contributed by atoms with van der Waals surface area (Å²) in [7, 11) is 0. The molecular weight excluding hydrogens is 697 g/mol. The molecule has 10 heteroatoms. The lowest BCUT2D eigenvalue weighted by Crippen LogP contribution is -2.62. The van der Waals surface area contributed by atoms with E-state index in [0.29, 0.717) is 24.8 Å². The summed E-state index contributed by atoms with van der Waals surface area (Å²) in [5, 5.41) is 32.0. The van der Waals surface area contributed by atoms with Crippen LogP contribution in [-0.2, 0) is 31.4 Å². The van der Waals surface area contributed by atoms with Crippen molar-refractivity contribution in [2.45, 2.75) is 108 Å². The van der Waals surface area contributed by atoms with E-state index in [0.717, 1.165) is 64.8 Å². The molecule has 0 saturated heterocycles. The summed E-state index contributed by atoms with van der Waals surface area (Å²) >= 11 is 2.59. The van der Waals surface area contributed by atoms with E-state index < -0.39 is 28.5 Å². The van der Waals surface area contributed by atoms with Crippen molar-refractivity contribution >= 4 is 52.0 Å². The van der Waals surface area contributed by atoms with Gasteiger partial charge in [0.2, 0.25) is 0 Å². The minimum Gasteiger partial charge on any atom is -0.481 e. The molecule has 0 aromatic heterocycles. The molecule has 1 aliphatic heterocycles. The number of carbonyl (C=O) groups excluding carboxylic acids is 4. The third-order valence-corrected chi connectivity index (χ3v) is 15.1. The molecule has 0 bridgehead atoms. The van der Waals surface area contributed by atoms with Crippen LogP contribution in [0.1, 0.15) is 107 Å². The second-order valence-electron chi connectivity index (χ2n) is 16.9. The van der Waals surface area contributed by atoms with Crippen LogP contribution < -0.4 is 0 Å². The van der Waals surface area contributed by atoms with Gasteiger partial charge in [0.05, 0.1) is 18.3 Å². The number of hydrogen-bond acceptors (Lipinski definition) is 9. The Labute approximate surface area is 314 Å². The summed E-state index contributed by atoms with van der Waals surface area (Å²) in [6.45, 7) is 9.68. The third-order valence-electron chi connectivity index (χ3n) is 12.7. The van der Waals surface area contributed by atoms with Crippen LogP contribution in [0.15, 0.2) is 59.0 Å². The van der Waals surface area contributed by atoms with E-state index in [1.165, 1.54) is 5.57 Å². The Hall–Kier alpha value is -3.05. The van der Waals surface area contributed by atoms with Gasteiger partial charge in [-0.2, -0.15) is 0 Å². The molecule has 1 heterocycles. The first kappa shape index (κ1) is 38.7. The molecule has 0 unspecified atom stereocenters. The van der Waals surface area contributed by atoms with E-state index in [9.17, 15) is 34.2 Å². The van der Waals surface area contributed by atoms with Crippen LogP contribution in [0.2, 0.25) is 0 Å². The van der Waals surface area contributed by atoms with Gasteiger partial charge in [0.25, 0.3) is 0 Å². The number of aliphatic hydroxyl groups is 2. The molecule has 3 fully saturated rings. The fraction of sp³-hybridized carbons (Fsp3) is 0.548. The summed E-state index contributed by atoms with van der Waals surface area (Å²) in [6.07, 6.45) is 5.76. The minimum absolute atomic E-state index is 0.0162. The number of allylic oxidation sites excluding steroid dienone is 1. The summed E-state index contributed by atoms with van der Waals surface area (Å²) in [5.41, 5.74) is 1.41. The number of aliphatic carboxylic acids is 1. The molecule has 7 rings (SSSR count). The molecule has 3 saturated carbocycles. The lowest BCUT2D eigenvalue weighted by atomic mass is 9.45. The predicted molar refractivity (Wildman–Crippen MR) is 202 cm³/mol. The maximum absolute atomic E-state index is 13.3. The Kier molecular flexibility index (Phi) is 10.6. The molecule has 5 aliphatic rings. The van der Waals surface area contributed by atoms with Crippen LogP contribution in [0.25, 0.3) is 0 Å². The standard InChI is InChI=1S/C26H38O5S.C16H12O3S/c1-23(2,3)22(30)32-14-20(29)26(31)11-9-18-17-7-6-15-12-16(27)8-10-24(15,4)21(17)19(28)13-25(18,26)5;17-15(18)8-10-5-6-13-14(7-10)20-9-11-3-1-2-4-12(11)16(13)19/h12,17-19,21,28,31H,6-11,13-14H2,1-5H3;1-7H,8-9H2,(H,17,18)/t17-,18-,19-,21+,24-,25-,26-;/m0./s1. The predicted octanol–water partition coefficient (Wildman–Crippen LogP) is 7.25. The van der Waals surface area contributed by atoms with Crippen molar-refractivity contribution in [2.24, 2.45) is 34.0 Å². The van der Waals surface area contributed by atoms with Gasteiger partial charge in [-0.05, 0) is 91.0 Å². The largest absolute Gasteiger partial charge is 0.481 e. The van der Waals surface area contributed by atoms with E-state index in [-0.39, 0.29) is 57.8 Å². The number of hydrogen-bond donors (Lipinski definition) is 3. The minimum atomic E-state index is -1.51. The van der Waals surface area contributed by atoms with Gasteiger partial charge in [-0.1, -0.05) is 82.3 Å². The number of carbonyl (C=O) groups is 5. The van der Waals surface area contributed by atoms with Crippen LogP contribution in [0, 0.1) is 34.0 Å². The lowest BCUT2D eigenvalue weighted by Gasteiger charge is -2.60. The topological polar surface area (TPSA) is 146 Å². The van der Waals surface area contributed by atoms with Crippen molar-refractivity contribution in [3.63, 3.8) is 0 Å². The quantitative estimate of drug-likeness (QED) is 0.286. The highest BCUT2D eigenvalue weighted by Gasteiger charge is 2.68. The van der Waals surface area contributed by atoms with E-state index in [4.69, 9.17) is 5.11 Å². The van der Waals surface area contributed by atoms with Crippen LogP contribution in [0.3, 0.4) is 0 Å². The molecule has 2 aromatic rings. The van der Waals surface area contributed by atoms with Crippen LogP contribution >= 0.6 is 23.5 Å². The highest BCUT2D eigenvalue weighted by molar-refractivity contribution is 8.14. The molecule has 52 heavy (non-hydrogen) atoms. The van der Waals surface area contributed by atoms with Gasteiger partial charge in [0, 0.05) is 39.0 Å². The Morgan fingerprint density at radius 1 is 0.981 bits per heavy atom. The highest BCUT2D eigenvalue weighted by Crippen LogP contribution is 2.67. The summed E-state index contributed by atoms with van der Waals surface area (Å²) < 4.78 is 0. The van der Waals surface area contributed by atoms with Crippen molar-refractivity contribution in [3.8, 4) is 0 Å². The number of aliphatic hydroxyl groups excluding tert-OH is 1. The van der Waals surface area contributed by atoms with Crippen molar-refractivity contribution in [1.29, 1.82) is 0 Å². The fourth-order valence-electron chi connectivity index (χ4n) is 9.94. The van der Waals surface area contributed by atoms with Crippen LogP contribution in [0.4, 0.5) is 0 Å². The molecular formula is C42H50O8S2. The van der Waals surface area contributed by atoms with E-state index in [2.05, 4.69) is 6.92 Å². The van der Waals surface area contributed by atoms with Gasteiger partial charge in [0.1, 0.15) is 5.60 Å². The van der Waals surface area contributed by atoms with Gasteiger partial charge < -0.3 is 15.3 Å². The van der Waals surface area contributed by atoms with Gasteiger partial charge in [-0.15, -0.1) is 11.8 Å². The summed E-state index contributed by atoms with van der Waals surface area (Å²) in [6, 6.07) is 12.9. The van der Waals surface area contributed by atoms with E-state index in [1.807, 2.05) is 64.1 Å². The van der Waals surface area contributed by atoms with Crippen LogP contribution in [0.5, 0.6) is 0 Å². The number of carboxylic acids is 1. The van der Waals surface area contributed by atoms with Gasteiger partial charge in [-0.3, -0.25) is 24.0 Å². The summed E-state index contributed by atoms with van der Waals surface area (Å²) in [5.74, 6) is 0.213. The number of thioether (sulfide) groups is 2. The average Bonchev–Trinajstić information content (AvgIpc) is 3.27. The fourth-order valence-corrected chi connectivity index (χ4v) is 12.0. The smallest absolute Gasteiger partial charge is 0.307 e. The molecule has 8 nitrogen and oxygen atoms in total. The molecule has 278 valence electrons. The van der Waals surface area contributed by atoms with E-state index in [1.54, 1.807) is 23.9 Å². The van der Waals surface area contributed by atoms with Crippen molar-refractivity contribution in [3.05, 3.63) is 76.4 Å². The van der Waals surface area contributed by atoms with Gasteiger partial charge >= 0.3 is 5.97 Å². The normalized spacial score (nSPS) is 32.0. The average molecular weight is 747 g/mol. The molecule has 4 aliphatic carbocycles. The second-order valence-corrected chi connectivity index (χ2v) is 18.9. The van der Waals surface area contributed by atoms with E-state index >= 15 is 0 Å². The number of carboxylic acid groups (broad SMARTS) is 1. The first-order chi connectivity index (χ1) is 24.4. The summed E-state index contributed by atoms with van der Waals surface area (Å²) in [4.78, 5) is 61.8. The number of benzene rings is 2. The maximum atomic E-state index is 13.3. The van der Waals surface area contributed by atoms with Crippen molar-refractivity contribution < 1.29 is 39.3 Å². The lowest BCUT2D eigenvalue weighted by molar-refractivity contribution is -0.178. The molecule has 0 amide bonds. The zero-order chi connectivity index (χ0) is 37.8. The first-order valence-corrected chi connectivity index (χ1v) is 20.3. The zero-order valence-corrected chi connectivity index (χ0v) is 32.3. The Morgan fingerprint density at radius 3 is 2.42 bits per heavy atom.